The van der Waals surface area contributed by atoms with Gasteiger partial charge in [-0.2, -0.15) is 0 Å². The summed E-state index contributed by atoms with van der Waals surface area (Å²) in [4.78, 5) is 15.0. The normalized spacial score (nSPS) is 43.0. The Bertz CT molecular complexity index is 534. The molecule has 0 aromatic heterocycles. The van der Waals surface area contributed by atoms with Crippen molar-refractivity contribution in [2.24, 2.45) is 4.99 Å². The van der Waals surface area contributed by atoms with Gasteiger partial charge in [0.1, 0.15) is 42.6 Å². The molecule has 12 nitrogen and oxygen atoms in total. The molecule has 9 atom stereocenters. The second-order valence-corrected chi connectivity index (χ2v) is 6.23. The van der Waals surface area contributed by atoms with Crippen LogP contribution in [-0.2, 0) is 14.3 Å². The smallest absolute Gasteiger partial charge is 0.862 e. The SMILES string of the molecule is CC([O-])=N[C@H]1[C@@H](O[C@H]2[C@H](O)[C@@H](O)CN[C@H]2C(=O)O)O[C@H](CO)[C@@H](O)[C@@H]1O.[Na+]. The van der Waals surface area contributed by atoms with Gasteiger partial charge in [-0.3, -0.25) is 15.1 Å². The third-order valence-corrected chi connectivity index (χ3v) is 4.34. The van der Waals surface area contributed by atoms with Crippen molar-refractivity contribution >= 4 is 11.9 Å². The second-order valence-electron chi connectivity index (χ2n) is 6.23. The zero-order valence-corrected chi connectivity index (χ0v) is 16.9. The second kappa shape index (κ2) is 10.4. The molecule has 2 saturated heterocycles. The number of aliphatic hydroxyl groups excluding tert-OH is 5. The molecule has 0 amide bonds. The maximum Gasteiger partial charge on any atom is 1.00 e. The summed E-state index contributed by atoms with van der Waals surface area (Å²) < 4.78 is 10.8. The van der Waals surface area contributed by atoms with Crippen LogP contribution in [0.1, 0.15) is 6.92 Å². The molecule has 0 unspecified atom stereocenters. The number of β-amino-alcohol motifs (C(OH)–C–C–N with tert-alkyl or cyclic N) is 1. The van der Waals surface area contributed by atoms with E-state index in [9.17, 15) is 40.5 Å². The van der Waals surface area contributed by atoms with Crippen LogP contribution in [0.5, 0.6) is 0 Å². The Balaban J connectivity index is 0.00000364. The van der Waals surface area contributed by atoms with Crippen LogP contribution < -0.4 is 40.0 Å². The third-order valence-electron chi connectivity index (χ3n) is 4.34. The van der Waals surface area contributed by atoms with E-state index in [4.69, 9.17) is 9.47 Å². The van der Waals surface area contributed by atoms with Crippen molar-refractivity contribution in [1.29, 1.82) is 0 Å². The molecule has 0 aromatic rings. The van der Waals surface area contributed by atoms with Gasteiger partial charge >= 0.3 is 35.5 Å². The van der Waals surface area contributed by atoms with Gasteiger partial charge in [-0.15, -0.1) is 0 Å². The predicted molar refractivity (Wildman–Crippen MR) is 81.0 cm³/mol. The first-order valence-corrected chi connectivity index (χ1v) is 7.99. The number of hydrogen-bond acceptors (Lipinski definition) is 11. The Morgan fingerprint density at radius 2 is 1.89 bits per heavy atom. The first-order valence-electron chi connectivity index (χ1n) is 7.99. The Morgan fingerprint density at radius 1 is 1.26 bits per heavy atom. The van der Waals surface area contributed by atoms with E-state index in [2.05, 4.69) is 10.3 Å². The number of carboxylic acid groups (broad SMARTS) is 1. The van der Waals surface area contributed by atoms with E-state index in [1.165, 1.54) is 0 Å². The van der Waals surface area contributed by atoms with Crippen LogP contribution in [0.2, 0.25) is 0 Å². The molecule has 13 heteroatoms. The zero-order chi connectivity index (χ0) is 19.6. The van der Waals surface area contributed by atoms with Gasteiger partial charge in [-0.05, 0) is 12.8 Å². The van der Waals surface area contributed by atoms with E-state index >= 15 is 0 Å². The molecule has 2 aliphatic rings. The summed E-state index contributed by atoms with van der Waals surface area (Å²) in [6.07, 6.45) is -10.5. The van der Waals surface area contributed by atoms with Crippen LogP contribution in [0.25, 0.3) is 0 Å². The molecule has 2 rings (SSSR count). The summed E-state index contributed by atoms with van der Waals surface area (Å²) in [5, 5.41) is 72.3. The number of rotatable bonds is 5. The summed E-state index contributed by atoms with van der Waals surface area (Å²) in [6.45, 7) is 0.210. The number of piperidine rings is 1. The van der Waals surface area contributed by atoms with E-state index in [-0.39, 0.29) is 36.1 Å². The maximum absolute atomic E-state index is 11.4. The molecule has 2 fully saturated rings. The van der Waals surface area contributed by atoms with Gasteiger partial charge in [-0.25, -0.2) is 0 Å². The number of ether oxygens (including phenoxy) is 2. The van der Waals surface area contributed by atoms with Crippen molar-refractivity contribution < 1.29 is 79.6 Å². The van der Waals surface area contributed by atoms with Crippen molar-refractivity contribution in [2.75, 3.05) is 13.2 Å². The van der Waals surface area contributed by atoms with Gasteiger partial charge in [0.25, 0.3) is 0 Å². The van der Waals surface area contributed by atoms with Crippen LogP contribution in [0.4, 0.5) is 0 Å². The van der Waals surface area contributed by atoms with E-state index in [1.807, 2.05) is 0 Å². The summed E-state index contributed by atoms with van der Waals surface area (Å²) in [6, 6.07) is -2.84. The Hall–Kier alpha value is -0.380. The summed E-state index contributed by atoms with van der Waals surface area (Å²) in [7, 11) is 0. The van der Waals surface area contributed by atoms with Crippen molar-refractivity contribution in [2.45, 2.75) is 61.9 Å². The van der Waals surface area contributed by atoms with Gasteiger partial charge in [-0.1, -0.05) is 0 Å². The van der Waals surface area contributed by atoms with E-state index in [0.29, 0.717) is 0 Å². The predicted octanol–water partition coefficient (Wildman–Crippen LogP) is -8.26. The molecule has 2 aliphatic heterocycles. The Morgan fingerprint density at radius 3 is 2.41 bits per heavy atom. The maximum atomic E-state index is 11.4. The van der Waals surface area contributed by atoms with Crippen LogP contribution in [0.3, 0.4) is 0 Å². The van der Waals surface area contributed by atoms with Crippen molar-refractivity contribution in [3.8, 4) is 0 Å². The minimum absolute atomic E-state index is 0. The van der Waals surface area contributed by atoms with Gasteiger partial charge in [0, 0.05) is 6.54 Å². The topological polar surface area (TPSA) is 204 Å². The quantitative estimate of drug-likeness (QED) is 0.131. The standard InChI is InChI=1S/C14H24N2O10.Na/c1-4(18)16-7-11(22)10(21)6(3-17)25-14(7)26-12-8(13(23)24)15-2-5(19)9(12)20;/h5-12,14-15,17,19-22H,2-3H2,1H3,(H,16,18)(H,23,24);/q;+1/p-1/t5-,6+,7+,8+,9+,10+,11+,12+,14+;/m0./s1. The van der Waals surface area contributed by atoms with E-state index < -0.39 is 73.5 Å². The first kappa shape index (κ1) is 24.7. The van der Waals surface area contributed by atoms with E-state index in [1.54, 1.807) is 0 Å². The van der Waals surface area contributed by atoms with Crippen LogP contribution >= 0.6 is 0 Å². The number of carbonyl (C=O) groups is 1. The van der Waals surface area contributed by atoms with Crippen molar-refractivity contribution in [1.82, 2.24) is 5.32 Å². The Kier molecular flexibility index (Phi) is 9.51. The summed E-state index contributed by atoms with van der Waals surface area (Å²) in [5.74, 6) is -2.07. The molecule has 0 saturated carbocycles. The number of aliphatic carboxylic acids is 1. The number of nitrogens with zero attached hydrogens (tertiary/aromatic N) is 1. The van der Waals surface area contributed by atoms with E-state index in [0.717, 1.165) is 6.92 Å². The molecule has 7 N–H and O–H groups in total. The molecule has 0 radical (unpaired) electrons. The minimum atomic E-state index is -1.64. The van der Waals surface area contributed by atoms with Crippen molar-refractivity contribution in [3.05, 3.63) is 0 Å². The molecule has 0 bridgehead atoms. The van der Waals surface area contributed by atoms with Gasteiger partial charge < -0.3 is 45.2 Å². The van der Waals surface area contributed by atoms with Crippen LogP contribution in [0, 0.1) is 0 Å². The fourth-order valence-electron chi connectivity index (χ4n) is 2.97. The average Bonchev–Trinajstić information content (AvgIpc) is 2.57. The van der Waals surface area contributed by atoms with Crippen LogP contribution in [0.15, 0.2) is 4.99 Å². The molecule has 0 spiro atoms. The van der Waals surface area contributed by atoms with Gasteiger partial charge in [0.05, 0.1) is 12.7 Å². The Labute approximate surface area is 176 Å². The number of hydrogen-bond donors (Lipinski definition) is 7. The average molecular weight is 402 g/mol. The number of nitrogens with one attached hydrogen (secondary N) is 1. The summed E-state index contributed by atoms with van der Waals surface area (Å²) >= 11 is 0. The molecular formula is C14H23N2NaO10. The largest absolute Gasteiger partial charge is 1.00 e. The van der Waals surface area contributed by atoms with Crippen LogP contribution in [-0.4, -0.2) is 111 Å². The summed E-state index contributed by atoms with van der Waals surface area (Å²) in [5.41, 5.74) is 0. The molecule has 27 heavy (non-hydrogen) atoms. The third kappa shape index (κ3) is 5.58. The number of aliphatic imine (C=N–C) groups is 1. The molecule has 2 heterocycles. The number of carboxylic acids is 1. The molecular weight excluding hydrogens is 379 g/mol. The minimum Gasteiger partial charge on any atom is -0.862 e. The molecule has 0 aliphatic carbocycles. The zero-order valence-electron chi connectivity index (χ0n) is 14.9. The monoisotopic (exact) mass is 402 g/mol. The molecule has 0 aromatic carbocycles. The fraction of sp³-hybridized carbons (Fsp3) is 0.857. The van der Waals surface area contributed by atoms with Crippen molar-refractivity contribution in [3.63, 3.8) is 0 Å². The van der Waals surface area contributed by atoms with Gasteiger partial charge in [0.2, 0.25) is 0 Å². The molecule has 150 valence electrons. The number of aliphatic hydroxyl groups is 5. The fourth-order valence-corrected chi connectivity index (χ4v) is 2.97. The van der Waals surface area contributed by atoms with Gasteiger partial charge in [0.15, 0.2) is 6.29 Å². The first-order chi connectivity index (χ1) is 12.2.